The van der Waals surface area contributed by atoms with E-state index in [0.717, 1.165) is 0 Å². The van der Waals surface area contributed by atoms with Crippen molar-refractivity contribution >= 4 is 23.2 Å². The lowest BCUT2D eigenvalue weighted by atomic mass is 10.1. The number of aliphatic hydroxyl groups excluding tert-OH is 1. The molecule has 0 atom stereocenters. The van der Waals surface area contributed by atoms with E-state index in [1.165, 1.54) is 26.8 Å². The fourth-order valence-corrected chi connectivity index (χ4v) is 1.69. The van der Waals surface area contributed by atoms with Crippen molar-refractivity contribution in [2.24, 2.45) is 22.4 Å². The normalized spacial score (nSPS) is 13.1. The molecule has 0 spiro atoms. The van der Waals surface area contributed by atoms with Gasteiger partial charge >= 0.3 is 0 Å². The van der Waals surface area contributed by atoms with Gasteiger partial charge in [0, 0.05) is 31.3 Å². The number of primary amides is 2. The maximum Gasteiger partial charge on any atom is 0.267 e. The zero-order valence-corrected chi connectivity index (χ0v) is 15.9. The molecule has 0 aliphatic heterocycles. The van der Waals surface area contributed by atoms with Gasteiger partial charge in [-0.15, -0.1) is 0 Å². The highest BCUT2D eigenvalue weighted by molar-refractivity contribution is 6.46. The third-order valence-electron chi connectivity index (χ3n) is 2.92. The molecule has 1 aliphatic carbocycles. The summed E-state index contributed by atoms with van der Waals surface area (Å²) < 4.78 is 5.64. The summed E-state index contributed by atoms with van der Waals surface area (Å²) in [7, 11) is 1.51. The zero-order chi connectivity index (χ0) is 20.3. The zero-order valence-electron chi connectivity index (χ0n) is 15.9. The van der Waals surface area contributed by atoms with Gasteiger partial charge in [-0.25, -0.2) is 0 Å². The highest BCUT2D eigenvalue weighted by Gasteiger charge is 2.22. The Labute approximate surface area is 154 Å². The third-order valence-corrected chi connectivity index (χ3v) is 2.92. The predicted molar refractivity (Wildman–Crippen MR) is 103 cm³/mol. The lowest BCUT2D eigenvalue weighted by Crippen LogP contribution is -2.25. The highest BCUT2D eigenvalue weighted by atomic mass is 16.5. The number of aliphatic imine (C=N–C) groups is 1. The van der Waals surface area contributed by atoms with Crippen molar-refractivity contribution in [3.63, 3.8) is 0 Å². The van der Waals surface area contributed by atoms with E-state index >= 15 is 0 Å². The van der Waals surface area contributed by atoms with Gasteiger partial charge in [-0.05, 0) is 50.8 Å². The van der Waals surface area contributed by atoms with Crippen molar-refractivity contribution < 1.29 is 19.4 Å². The number of ether oxygens (including phenoxy) is 1. The number of nitrogens with two attached hydrogens (primary N) is 3. The molecule has 1 saturated carbocycles. The molecule has 7 N–H and O–H groups in total. The highest BCUT2D eigenvalue weighted by Crippen LogP contribution is 2.30. The van der Waals surface area contributed by atoms with Crippen LogP contribution in [0.4, 0.5) is 5.69 Å². The number of nitrogen functional groups attached to an aromatic ring is 1. The van der Waals surface area contributed by atoms with Gasteiger partial charge in [0.05, 0.1) is 6.61 Å². The molecular formula is C18H30N4O4. The Hall–Kier alpha value is -2.61. The van der Waals surface area contributed by atoms with Crippen LogP contribution in [-0.2, 0) is 9.59 Å². The minimum atomic E-state index is -0.594. The largest absolute Gasteiger partial charge is 0.493 e. The number of anilines is 1. The topological polar surface area (TPSA) is 154 Å². The Morgan fingerprint density at radius 1 is 1.31 bits per heavy atom. The summed E-state index contributed by atoms with van der Waals surface area (Å²) >= 11 is 0. The van der Waals surface area contributed by atoms with E-state index in [0.29, 0.717) is 29.5 Å². The van der Waals surface area contributed by atoms with Crippen LogP contribution >= 0.6 is 0 Å². The first kappa shape index (κ1) is 23.4. The molecule has 0 radical (unpaired) electrons. The van der Waals surface area contributed by atoms with Crippen LogP contribution in [0.25, 0.3) is 0 Å². The van der Waals surface area contributed by atoms with Crippen molar-refractivity contribution in [3.8, 4) is 5.75 Å². The molecule has 8 nitrogen and oxygen atoms in total. The number of benzene rings is 1. The molecule has 2 amide bonds. The fourth-order valence-electron chi connectivity index (χ4n) is 1.69. The van der Waals surface area contributed by atoms with E-state index in [4.69, 9.17) is 21.3 Å². The molecule has 26 heavy (non-hydrogen) atoms. The number of hydrogen-bond donors (Lipinski definition) is 4. The second-order valence-corrected chi connectivity index (χ2v) is 6.14. The summed E-state index contributed by atoms with van der Waals surface area (Å²) in [5.41, 5.74) is 16.7. The van der Waals surface area contributed by atoms with Gasteiger partial charge in [-0.3, -0.25) is 14.6 Å². The summed E-state index contributed by atoms with van der Waals surface area (Å²) in [4.78, 5) is 24.4. The lowest BCUT2D eigenvalue weighted by molar-refractivity contribution is -0.116. The van der Waals surface area contributed by atoms with Crippen LogP contribution < -0.4 is 21.9 Å². The molecule has 146 valence electrons. The first-order valence-corrected chi connectivity index (χ1v) is 8.31. The molecule has 0 saturated heterocycles. The Bertz CT molecular complexity index is 619. The van der Waals surface area contributed by atoms with Crippen molar-refractivity contribution in [1.82, 2.24) is 0 Å². The number of nitrogens with zero attached hydrogens (tertiary/aromatic N) is 1. The van der Waals surface area contributed by atoms with Crippen molar-refractivity contribution in [1.29, 1.82) is 0 Å². The maximum atomic E-state index is 11.3. The van der Waals surface area contributed by atoms with E-state index in [2.05, 4.69) is 10.7 Å². The third kappa shape index (κ3) is 11.0. The van der Waals surface area contributed by atoms with E-state index < -0.39 is 5.91 Å². The standard InChI is InChI=1S/C13H17N3O2.C3H8O.C2H5NO/c1-16-12(13(15)17)10-6-9(4-5-11(10)14)18-7-8-2-3-8;1-3(2)4;1-2(3)4/h4-6,8H,2-3,7,14H2,1H3,(H2,15,17);3-4H,1-2H3;1H3,(H2,3,4). The molecule has 1 aromatic carbocycles. The van der Waals surface area contributed by atoms with Crippen LogP contribution in [0.15, 0.2) is 23.2 Å². The lowest BCUT2D eigenvalue weighted by Gasteiger charge is -2.10. The van der Waals surface area contributed by atoms with E-state index in [1.54, 1.807) is 32.0 Å². The van der Waals surface area contributed by atoms with Crippen molar-refractivity contribution in [2.75, 3.05) is 19.4 Å². The van der Waals surface area contributed by atoms with Crippen LogP contribution in [0.3, 0.4) is 0 Å². The van der Waals surface area contributed by atoms with Crippen LogP contribution in [0.5, 0.6) is 5.75 Å². The van der Waals surface area contributed by atoms with Gasteiger partial charge < -0.3 is 27.0 Å². The maximum absolute atomic E-state index is 11.3. The second kappa shape index (κ2) is 11.9. The molecule has 0 aromatic heterocycles. The summed E-state index contributed by atoms with van der Waals surface area (Å²) in [6.45, 7) is 5.46. The van der Waals surface area contributed by atoms with E-state index in [1.807, 2.05) is 0 Å². The Kier molecular flexibility index (Phi) is 10.7. The number of carbonyl (C=O) groups is 2. The molecule has 0 heterocycles. The number of rotatable bonds is 5. The molecule has 2 rings (SSSR count). The summed E-state index contributed by atoms with van der Waals surface area (Å²) in [5.74, 6) is 0.429. The smallest absolute Gasteiger partial charge is 0.267 e. The second-order valence-electron chi connectivity index (χ2n) is 6.14. The van der Waals surface area contributed by atoms with Crippen molar-refractivity contribution in [3.05, 3.63) is 23.8 Å². The van der Waals surface area contributed by atoms with Gasteiger partial charge in [0.2, 0.25) is 5.91 Å². The minimum Gasteiger partial charge on any atom is -0.493 e. The fraction of sp³-hybridized carbons (Fsp3) is 0.500. The molecule has 1 fully saturated rings. The quantitative estimate of drug-likeness (QED) is 0.449. The molecule has 8 heteroatoms. The predicted octanol–water partition coefficient (Wildman–Crippen LogP) is 0.841. The SMILES string of the molecule is CC(C)O.CC(N)=O.CN=C(C(N)=O)c1cc(OCC2CC2)ccc1N. The van der Waals surface area contributed by atoms with Crippen molar-refractivity contribution in [2.45, 2.75) is 39.7 Å². The average molecular weight is 366 g/mol. The monoisotopic (exact) mass is 366 g/mol. The average Bonchev–Trinajstić information content (AvgIpc) is 3.31. The molecule has 1 aliphatic rings. The number of hydrogen-bond acceptors (Lipinski definition) is 6. The molecule has 0 bridgehead atoms. The first-order valence-electron chi connectivity index (χ1n) is 8.31. The molecule has 0 unspecified atom stereocenters. The minimum absolute atomic E-state index is 0.167. The Balaban J connectivity index is 0.000000662. The van der Waals surface area contributed by atoms with Gasteiger partial charge in [-0.2, -0.15) is 0 Å². The summed E-state index contributed by atoms with van der Waals surface area (Å²) in [6, 6.07) is 5.20. The Morgan fingerprint density at radius 3 is 2.19 bits per heavy atom. The van der Waals surface area contributed by atoms with Crippen LogP contribution in [-0.4, -0.2) is 42.4 Å². The summed E-state index contributed by atoms with van der Waals surface area (Å²) in [6.07, 6.45) is 2.29. The van der Waals surface area contributed by atoms with E-state index in [9.17, 15) is 9.59 Å². The van der Waals surface area contributed by atoms with Crippen LogP contribution in [0, 0.1) is 5.92 Å². The first-order chi connectivity index (χ1) is 12.1. The number of aliphatic hydroxyl groups is 1. The van der Waals surface area contributed by atoms with Crippen LogP contribution in [0.2, 0.25) is 0 Å². The van der Waals surface area contributed by atoms with Gasteiger partial charge in [0.1, 0.15) is 11.5 Å². The molecular weight excluding hydrogens is 336 g/mol. The number of carbonyl (C=O) groups excluding carboxylic acids is 2. The van der Waals surface area contributed by atoms with Crippen LogP contribution in [0.1, 0.15) is 39.2 Å². The Morgan fingerprint density at radius 2 is 1.81 bits per heavy atom. The van der Waals surface area contributed by atoms with Gasteiger partial charge in [-0.1, -0.05) is 0 Å². The van der Waals surface area contributed by atoms with Gasteiger partial charge in [0.25, 0.3) is 5.91 Å². The number of amides is 2. The summed E-state index contributed by atoms with van der Waals surface area (Å²) in [5, 5.41) is 8.06. The molecule has 1 aromatic rings. The van der Waals surface area contributed by atoms with E-state index in [-0.39, 0.29) is 17.7 Å². The van der Waals surface area contributed by atoms with Gasteiger partial charge in [0.15, 0.2) is 0 Å².